The van der Waals surface area contributed by atoms with E-state index in [2.05, 4.69) is 0 Å². The second-order valence-electron chi connectivity index (χ2n) is 2.88. The van der Waals surface area contributed by atoms with Crippen LogP contribution in [-0.2, 0) is 0 Å². The van der Waals surface area contributed by atoms with Gasteiger partial charge >= 0.3 is 0 Å². The molecule has 0 aliphatic heterocycles. The molecule has 9 heteroatoms. The van der Waals surface area contributed by atoms with Gasteiger partial charge in [0.2, 0.25) is 0 Å². The van der Waals surface area contributed by atoms with Crippen molar-refractivity contribution < 1.29 is 14.8 Å². The number of hydrogen-bond donors (Lipinski definition) is 0. The van der Waals surface area contributed by atoms with Crippen molar-refractivity contribution in [2.75, 3.05) is 0 Å². The number of hydrogen-bond acceptors (Lipinski definition) is 6. The minimum absolute atomic E-state index is 0.208. The largest absolute Gasteiger partial charge is 0.286 e. The Morgan fingerprint density at radius 1 is 0.875 bits per heavy atom. The molecule has 16 heavy (non-hydrogen) atoms. The average molecular weight is 230 g/mol. The molecule has 0 N–H and O–H groups in total. The van der Waals surface area contributed by atoms with Crippen LogP contribution in [0.15, 0.2) is 12.1 Å². The molecule has 1 aromatic rings. The van der Waals surface area contributed by atoms with Gasteiger partial charge < -0.3 is 0 Å². The first kappa shape index (κ1) is 11.5. The summed E-state index contributed by atoms with van der Waals surface area (Å²) >= 11 is 0. The van der Waals surface area contributed by atoms with Crippen molar-refractivity contribution in [2.45, 2.75) is 6.92 Å². The zero-order valence-electron chi connectivity index (χ0n) is 7.95. The Morgan fingerprint density at radius 3 is 1.50 bits per heavy atom. The Labute approximate surface area is 87.8 Å². The van der Waals surface area contributed by atoms with Crippen molar-refractivity contribution in [1.82, 2.24) is 0 Å². The quantitative estimate of drug-likeness (QED) is 0.441. The first-order valence-corrected chi connectivity index (χ1v) is 3.92. The second-order valence-corrected chi connectivity index (χ2v) is 2.88. The van der Waals surface area contributed by atoms with E-state index in [-0.39, 0.29) is 5.56 Å². The van der Waals surface area contributed by atoms with Gasteiger partial charge in [0.05, 0.1) is 26.9 Å². The van der Waals surface area contributed by atoms with Crippen molar-refractivity contribution in [3.8, 4) is 0 Å². The third kappa shape index (κ3) is 1.92. The van der Waals surface area contributed by atoms with Gasteiger partial charge in [-0.05, 0) is 6.92 Å². The SMILES string of the molecule is Cc1c([15N+](=O)[O-])cc([15N+](=O)[O-])cc1[15N+](=O)[O-]. The standard InChI is InChI=1S/C7H5N3O6/c1-4-6(9(13)14)2-5(8(11)12)3-7(4)10(15)16/h2-3H,1H3/i8+1,9+1,10+1. The van der Waals surface area contributed by atoms with Gasteiger partial charge in [0.15, 0.2) is 0 Å². The highest BCUT2D eigenvalue weighted by Crippen LogP contribution is 2.32. The third-order valence-electron chi connectivity index (χ3n) is 1.94. The number of rotatable bonds is 3. The third-order valence-corrected chi connectivity index (χ3v) is 1.94. The smallest absolute Gasteiger partial charge is 0.258 e. The summed E-state index contributed by atoms with van der Waals surface area (Å²) in [5, 5.41) is 31.5. The second kappa shape index (κ2) is 3.88. The van der Waals surface area contributed by atoms with E-state index in [1.807, 2.05) is 0 Å². The molecule has 0 unspecified atom stereocenters. The summed E-state index contributed by atoms with van der Waals surface area (Å²) < 4.78 is 0. The fraction of sp³-hybridized carbons (Fsp3) is 0.143. The van der Waals surface area contributed by atoms with Gasteiger partial charge in [0, 0.05) is 0 Å². The number of nitrogens with zero attached hydrogens (tertiary/aromatic N) is 3. The zero-order valence-corrected chi connectivity index (χ0v) is 7.95. The van der Waals surface area contributed by atoms with Crippen LogP contribution in [0.1, 0.15) is 5.56 Å². The van der Waals surface area contributed by atoms with Crippen LogP contribution < -0.4 is 0 Å². The summed E-state index contributed by atoms with van der Waals surface area (Å²) in [4.78, 5) is 28.8. The summed E-state index contributed by atoms with van der Waals surface area (Å²) in [5.74, 6) is 0. The maximum Gasteiger partial charge on any atom is 0.286 e. The van der Waals surface area contributed by atoms with Crippen LogP contribution in [0.5, 0.6) is 0 Å². The highest BCUT2D eigenvalue weighted by Gasteiger charge is 2.27. The van der Waals surface area contributed by atoms with Gasteiger partial charge in [-0.15, -0.1) is 0 Å². The molecule has 9 nitrogen and oxygen atoms in total. The molecule has 84 valence electrons. The summed E-state index contributed by atoms with van der Waals surface area (Å²) in [6, 6.07) is 1.39. The molecule has 0 heterocycles. The summed E-state index contributed by atoms with van der Waals surface area (Å²) in [5.41, 5.74) is -2.16. The fourth-order valence-electron chi connectivity index (χ4n) is 1.15. The van der Waals surface area contributed by atoms with Crippen LogP contribution in [-0.4, -0.2) is 14.8 Å². The molecule has 0 aliphatic carbocycles. The Kier molecular flexibility index (Phi) is 2.79. The minimum atomic E-state index is -0.917. The van der Waals surface area contributed by atoms with Crippen LogP contribution in [0, 0.1) is 37.3 Å². The zero-order chi connectivity index (χ0) is 12.5. The van der Waals surface area contributed by atoms with E-state index < -0.39 is 31.8 Å². The maximum atomic E-state index is 10.5. The van der Waals surface area contributed by atoms with E-state index in [1.165, 1.54) is 6.92 Å². The van der Waals surface area contributed by atoms with Crippen LogP contribution in [0.25, 0.3) is 0 Å². The van der Waals surface area contributed by atoms with Gasteiger partial charge in [-0.2, -0.15) is 0 Å². The number of benzene rings is 1. The fourth-order valence-corrected chi connectivity index (χ4v) is 1.15. The first-order valence-electron chi connectivity index (χ1n) is 3.92. The van der Waals surface area contributed by atoms with Crippen LogP contribution in [0.2, 0.25) is 0 Å². The molecule has 0 saturated carbocycles. The molecule has 0 saturated heterocycles. The molecular weight excluding hydrogens is 225 g/mol. The predicted molar refractivity (Wildman–Crippen MR) is 51.1 cm³/mol. The molecular formula is C7H5N3O6. The Morgan fingerprint density at radius 2 is 1.25 bits per heavy atom. The lowest BCUT2D eigenvalue weighted by atomic mass is 10.2. The molecule has 0 fully saturated rings. The Hall–Kier alpha value is -2.58. The number of nitro benzene ring substituents is 3. The van der Waals surface area contributed by atoms with Crippen LogP contribution in [0.3, 0.4) is 0 Å². The summed E-state index contributed by atoms with van der Waals surface area (Å²) in [6.07, 6.45) is 0. The van der Waals surface area contributed by atoms with Crippen molar-refractivity contribution in [1.29, 1.82) is 0 Å². The molecule has 0 amide bonds. The average Bonchev–Trinajstić information content (AvgIpc) is 2.16. The lowest BCUT2D eigenvalue weighted by molar-refractivity contribution is -0.403. The monoisotopic (exact) mass is 230 g/mol. The first-order chi connectivity index (χ1) is 7.34. The van der Waals surface area contributed by atoms with E-state index in [0.717, 1.165) is 0 Å². The van der Waals surface area contributed by atoms with E-state index in [0.29, 0.717) is 12.1 Å². The van der Waals surface area contributed by atoms with E-state index in [9.17, 15) is 30.3 Å². The molecule has 1 aromatic carbocycles. The van der Waals surface area contributed by atoms with Gasteiger partial charge in [0.25, 0.3) is 17.1 Å². The van der Waals surface area contributed by atoms with Crippen LogP contribution in [0.4, 0.5) is 17.1 Å². The highest BCUT2D eigenvalue weighted by molar-refractivity contribution is 5.59. The molecule has 0 bridgehead atoms. The highest BCUT2D eigenvalue weighted by atomic mass is 16.9. The predicted octanol–water partition coefficient (Wildman–Crippen LogP) is 1.72. The molecule has 1 rings (SSSR count). The lowest BCUT2D eigenvalue weighted by Crippen LogP contribution is -2.00. The Bertz CT molecular complexity index is 462. The molecule has 0 spiro atoms. The van der Waals surface area contributed by atoms with Crippen molar-refractivity contribution in [2.24, 2.45) is 0 Å². The topological polar surface area (TPSA) is 129 Å². The van der Waals surface area contributed by atoms with Gasteiger partial charge in [-0.1, -0.05) is 0 Å². The Balaban J connectivity index is 3.57. The van der Waals surface area contributed by atoms with Crippen molar-refractivity contribution in [3.05, 3.63) is 48.0 Å². The van der Waals surface area contributed by atoms with Crippen molar-refractivity contribution in [3.63, 3.8) is 0 Å². The molecule has 0 aliphatic rings. The van der Waals surface area contributed by atoms with E-state index >= 15 is 0 Å². The molecule has 0 aromatic heterocycles. The lowest BCUT2D eigenvalue weighted by Gasteiger charge is -1.99. The summed E-state index contributed by atoms with van der Waals surface area (Å²) in [7, 11) is 0. The normalized spacial score (nSPS) is 9.81. The van der Waals surface area contributed by atoms with Gasteiger partial charge in [-0.3, -0.25) is 30.3 Å². The molecule has 0 radical (unpaired) electrons. The number of nitro groups is 3. The minimum Gasteiger partial charge on any atom is -0.258 e. The number of non-ortho nitro benzene ring substituents is 1. The maximum absolute atomic E-state index is 10.5. The molecule has 0 atom stereocenters. The van der Waals surface area contributed by atoms with E-state index in [4.69, 9.17) is 0 Å². The van der Waals surface area contributed by atoms with Crippen LogP contribution >= 0.6 is 0 Å². The van der Waals surface area contributed by atoms with Gasteiger partial charge in [-0.25, -0.2) is 0 Å². The van der Waals surface area contributed by atoms with Crippen molar-refractivity contribution >= 4 is 17.1 Å². The summed E-state index contributed by atoms with van der Waals surface area (Å²) in [6.45, 7) is 1.17. The van der Waals surface area contributed by atoms with E-state index in [1.54, 1.807) is 0 Å². The van der Waals surface area contributed by atoms with Gasteiger partial charge in [0.1, 0.15) is 5.56 Å².